The Morgan fingerprint density at radius 3 is 2.78 bits per heavy atom. The number of aromatic nitrogens is 3. The fourth-order valence-corrected chi connectivity index (χ4v) is 2.73. The van der Waals surface area contributed by atoms with Crippen molar-refractivity contribution in [2.24, 2.45) is 0 Å². The lowest BCUT2D eigenvalue weighted by molar-refractivity contribution is -0.113. The Balaban J connectivity index is 1.57. The predicted molar refractivity (Wildman–Crippen MR) is 101 cm³/mol. The molecule has 8 nitrogen and oxygen atoms in total. The number of carbonyl (C=O) groups excluding carboxylic acids is 1. The summed E-state index contributed by atoms with van der Waals surface area (Å²) in [6.07, 6.45) is 1.61. The zero-order valence-electron chi connectivity index (χ0n) is 14.8. The minimum Gasteiger partial charge on any atom is -0.497 e. The molecule has 0 fully saturated rings. The van der Waals surface area contributed by atoms with E-state index in [1.54, 1.807) is 25.4 Å². The molecule has 0 bridgehead atoms. The molecule has 0 unspecified atom stereocenters. The van der Waals surface area contributed by atoms with Crippen LogP contribution in [-0.4, -0.2) is 40.6 Å². The van der Waals surface area contributed by atoms with Crippen LogP contribution in [0.4, 0.5) is 5.69 Å². The van der Waals surface area contributed by atoms with Gasteiger partial charge in [-0.15, -0.1) is 10.2 Å². The summed E-state index contributed by atoms with van der Waals surface area (Å²) in [4.78, 5) is 16.3. The summed E-state index contributed by atoms with van der Waals surface area (Å²) in [5.41, 5.74) is 1.30. The number of pyridine rings is 1. The van der Waals surface area contributed by atoms with Crippen LogP contribution in [0.1, 0.15) is 6.92 Å². The summed E-state index contributed by atoms with van der Waals surface area (Å²) in [6, 6.07) is 10.7. The summed E-state index contributed by atoms with van der Waals surface area (Å²) in [5.74, 6) is 1.40. The van der Waals surface area contributed by atoms with Gasteiger partial charge >= 0.3 is 0 Å². The number of nitrogens with one attached hydrogen (secondary N) is 1. The molecular formula is C18H18N4O4S. The quantitative estimate of drug-likeness (QED) is 0.589. The molecule has 0 aliphatic carbocycles. The number of nitrogens with zero attached hydrogens (tertiary/aromatic N) is 3. The van der Waals surface area contributed by atoms with Crippen molar-refractivity contribution in [1.29, 1.82) is 0 Å². The number of thioether (sulfide) groups is 1. The van der Waals surface area contributed by atoms with Crippen LogP contribution in [-0.2, 0) is 4.79 Å². The van der Waals surface area contributed by atoms with Crippen LogP contribution in [0.3, 0.4) is 0 Å². The third kappa shape index (κ3) is 4.98. The SMILES string of the molecule is CCOc1ncccc1NC(=O)CSc1nnc(-c2ccc(OC)cc2)o1. The molecule has 9 heteroatoms. The first kappa shape index (κ1) is 18.7. The van der Waals surface area contributed by atoms with Gasteiger partial charge in [0, 0.05) is 11.8 Å². The van der Waals surface area contributed by atoms with Gasteiger partial charge in [-0.1, -0.05) is 11.8 Å². The number of methoxy groups -OCH3 is 1. The highest BCUT2D eigenvalue weighted by Crippen LogP contribution is 2.25. The van der Waals surface area contributed by atoms with E-state index in [0.717, 1.165) is 23.1 Å². The Labute approximate surface area is 160 Å². The molecule has 0 radical (unpaired) electrons. The van der Waals surface area contributed by atoms with E-state index in [1.807, 2.05) is 31.2 Å². The molecule has 3 aromatic rings. The maximum Gasteiger partial charge on any atom is 0.277 e. The van der Waals surface area contributed by atoms with E-state index in [0.29, 0.717) is 29.3 Å². The van der Waals surface area contributed by atoms with Crippen molar-refractivity contribution in [2.45, 2.75) is 12.1 Å². The fraction of sp³-hybridized carbons (Fsp3) is 0.222. The number of hydrogen-bond acceptors (Lipinski definition) is 8. The molecule has 1 N–H and O–H groups in total. The van der Waals surface area contributed by atoms with Crippen molar-refractivity contribution in [1.82, 2.24) is 15.2 Å². The van der Waals surface area contributed by atoms with Crippen molar-refractivity contribution in [3.63, 3.8) is 0 Å². The first-order chi connectivity index (χ1) is 13.2. The van der Waals surface area contributed by atoms with Crippen molar-refractivity contribution < 1.29 is 18.7 Å². The molecule has 2 heterocycles. The topological polar surface area (TPSA) is 99.4 Å². The van der Waals surface area contributed by atoms with Gasteiger partial charge < -0.3 is 19.2 Å². The average molecular weight is 386 g/mol. The molecule has 0 spiro atoms. The first-order valence-electron chi connectivity index (χ1n) is 8.18. The molecule has 0 aliphatic rings. The highest BCUT2D eigenvalue weighted by Gasteiger charge is 2.13. The van der Waals surface area contributed by atoms with Crippen LogP contribution in [0.5, 0.6) is 11.6 Å². The molecule has 3 rings (SSSR count). The van der Waals surface area contributed by atoms with Crippen molar-refractivity contribution in [3.05, 3.63) is 42.6 Å². The molecule has 1 aromatic carbocycles. The van der Waals surface area contributed by atoms with E-state index in [9.17, 15) is 4.79 Å². The summed E-state index contributed by atoms with van der Waals surface area (Å²) in [7, 11) is 1.60. The maximum atomic E-state index is 12.2. The van der Waals surface area contributed by atoms with E-state index in [2.05, 4.69) is 20.5 Å². The largest absolute Gasteiger partial charge is 0.497 e. The third-order valence-corrected chi connectivity index (χ3v) is 4.21. The summed E-state index contributed by atoms with van der Waals surface area (Å²) < 4.78 is 16.1. The zero-order chi connectivity index (χ0) is 19.1. The van der Waals surface area contributed by atoms with Gasteiger partial charge in [0.15, 0.2) is 0 Å². The Kier molecular flexibility index (Phi) is 6.26. The zero-order valence-corrected chi connectivity index (χ0v) is 15.7. The van der Waals surface area contributed by atoms with E-state index in [1.165, 1.54) is 0 Å². The van der Waals surface area contributed by atoms with Crippen LogP contribution in [0.15, 0.2) is 52.2 Å². The Hall–Kier alpha value is -3.07. The number of rotatable bonds is 8. The monoisotopic (exact) mass is 386 g/mol. The van der Waals surface area contributed by atoms with Gasteiger partial charge in [0.25, 0.3) is 5.22 Å². The van der Waals surface area contributed by atoms with Crippen molar-refractivity contribution >= 4 is 23.4 Å². The van der Waals surface area contributed by atoms with E-state index in [4.69, 9.17) is 13.9 Å². The number of anilines is 1. The van der Waals surface area contributed by atoms with Crippen LogP contribution in [0, 0.1) is 0 Å². The second-order valence-corrected chi connectivity index (χ2v) is 6.15. The second-order valence-electron chi connectivity index (χ2n) is 5.23. The fourth-order valence-electron chi connectivity index (χ4n) is 2.17. The second kappa shape index (κ2) is 9.04. The number of ether oxygens (including phenoxy) is 2. The van der Waals surface area contributed by atoms with Crippen molar-refractivity contribution in [3.8, 4) is 23.1 Å². The maximum absolute atomic E-state index is 12.2. The molecule has 0 saturated heterocycles. The molecule has 0 atom stereocenters. The Morgan fingerprint density at radius 1 is 1.22 bits per heavy atom. The van der Waals surface area contributed by atoms with Crippen LogP contribution >= 0.6 is 11.8 Å². The number of amides is 1. The normalized spacial score (nSPS) is 10.4. The van der Waals surface area contributed by atoms with Gasteiger partial charge in [-0.05, 0) is 43.3 Å². The summed E-state index contributed by atoms with van der Waals surface area (Å²) in [6.45, 7) is 2.32. The van der Waals surface area contributed by atoms with Gasteiger partial charge in [-0.3, -0.25) is 4.79 Å². The van der Waals surface area contributed by atoms with E-state index >= 15 is 0 Å². The minimum absolute atomic E-state index is 0.116. The number of hydrogen-bond donors (Lipinski definition) is 1. The van der Waals surface area contributed by atoms with Gasteiger partial charge in [-0.2, -0.15) is 0 Å². The number of benzene rings is 1. The van der Waals surface area contributed by atoms with Gasteiger partial charge in [0.1, 0.15) is 11.4 Å². The van der Waals surface area contributed by atoms with Gasteiger partial charge in [-0.25, -0.2) is 4.98 Å². The lowest BCUT2D eigenvalue weighted by Gasteiger charge is -2.09. The Bertz CT molecular complexity index is 898. The lowest BCUT2D eigenvalue weighted by atomic mass is 10.2. The lowest BCUT2D eigenvalue weighted by Crippen LogP contribution is -2.15. The Morgan fingerprint density at radius 2 is 2.04 bits per heavy atom. The van der Waals surface area contributed by atoms with E-state index in [-0.39, 0.29) is 11.7 Å². The van der Waals surface area contributed by atoms with Crippen LogP contribution in [0.2, 0.25) is 0 Å². The number of carbonyl (C=O) groups is 1. The first-order valence-corrected chi connectivity index (χ1v) is 9.16. The van der Waals surface area contributed by atoms with Crippen LogP contribution < -0.4 is 14.8 Å². The smallest absolute Gasteiger partial charge is 0.277 e. The predicted octanol–water partition coefficient (Wildman–Crippen LogP) is 3.27. The van der Waals surface area contributed by atoms with Gasteiger partial charge in [0.2, 0.25) is 17.7 Å². The average Bonchev–Trinajstić information content (AvgIpc) is 3.17. The molecular weight excluding hydrogens is 368 g/mol. The van der Waals surface area contributed by atoms with Crippen LogP contribution in [0.25, 0.3) is 11.5 Å². The minimum atomic E-state index is -0.224. The molecule has 0 aliphatic heterocycles. The molecule has 27 heavy (non-hydrogen) atoms. The molecule has 140 valence electrons. The van der Waals surface area contributed by atoms with E-state index < -0.39 is 0 Å². The molecule has 2 aromatic heterocycles. The summed E-state index contributed by atoms with van der Waals surface area (Å²) in [5, 5.41) is 11.0. The standard InChI is InChI=1S/C18H18N4O4S/c1-3-25-17-14(5-4-10-19-17)20-15(23)11-27-18-22-21-16(26-18)12-6-8-13(24-2)9-7-12/h4-10H,3,11H2,1-2H3,(H,20,23). The van der Waals surface area contributed by atoms with Gasteiger partial charge in [0.05, 0.1) is 19.5 Å². The highest BCUT2D eigenvalue weighted by atomic mass is 32.2. The summed E-state index contributed by atoms with van der Waals surface area (Å²) >= 11 is 1.15. The molecule has 1 amide bonds. The highest BCUT2D eigenvalue weighted by molar-refractivity contribution is 7.99. The van der Waals surface area contributed by atoms with Crippen molar-refractivity contribution in [2.75, 3.05) is 24.8 Å². The molecule has 0 saturated carbocycles. The third-order valence-electron chi connectivity index (χ3n) is 3.40.